The van der Waals surface area contributed by atoms with Gasteiger partial charge in [0, 0.05) is 30.8 Å². The van der Waals surface area contributed by atoms with Crippen LogP contribution in [0.1, 0.15) is 12.0 Å². The van der Waals surface area contributed by atoms with Crippen molar-refractivity contribution < 1.29 is 5.11 Å². The number of thioether (sulfide) groups is 1. The number of hydrogen-bond donors (Lipinski definition) is 2. The maximum absolute atomic E-state index is 8.65. The number of rotatable bonds is 5. The third-order valence-electron chi connectivity index (χ3n) is 1.68. The second-order valence-electron chi connectivity index (χ2n) is 3.13. The molecule has 78 valence electrons. The van der Waals surface area contributed by atoms with E-state index in [4.69, 9.17) is 10.8 Å². The lowest BCUT2D eigenvalue weighted by molar-refractivity contribution is 0.279. The van der Waals surface area contributed by atoms with E-state index in [1.54, 1.807) is 12.4 Å². The van der Waals surface area contributed by atoms with Gasteiger partial charge in [-0.25, -0.2) is 9.97 Å². The first-order valence-electron chi connectivity index (χ1n) is 4.50. The molecule has 0 spiro atoms. The Hall–Kier alpha value is -0.650. The summed E-state index contributed by atoms with van der Waals surface area (Å²) in [6.45, 7) is 2.09. The predicted molar refractivity (Wildman–Crippen MR) is 57.2 cm³/mol. The van der Waals surface area contributed by atoms with Gasteiger partial charge in [0.15, 0.2) is 5.16 Å². The summed E-state index contributed by atoms with van der Waals surface area (Å²) in [5.41, 5.74) is 6.78. The van der Waals surface area contributed by atoms with Crippen molar-refractivity contribution in [3.8, 4) is 0 Å². The second kappa shape index (κ2) is 5.95. The Morgan fingerprint density at radius 2 is 2.14 bits per heavy atom. The van der Waals surface area contributed by atoms with E-state index >= 15 is 0 Å². The highest BCUT2D eigenvalue weighted by Crippen LogP contribution is 2.13. The third-order valence-corrected chi connectivity index (χ3v) is 2.75. The van der Waals surface area contributed by atoms with Crippen molar-refractivity contribution in [1.82, 2.24) is 9.97 Å². The highest BCUT2D eigenvalue weighted by atomic mass is 32.2. The minimum Gasteiger partial charge on any atom is -0.396 e. The number of aliphatic hydroxyl groups excluding tert-OH is 1. The Balaban J connectivity index is 2.34. The van der Waals surface area contributed by atoms with E-state index in [2.05, 4.69) is 9.97 Å². The fourth-order valence-corrected chi connectivity index (χ4v) is 1.67. The zero-order valence-electron chi connectivity index (χ0n) is 8.18. The van der Waals surface area contributed by atoms with E-state index in [1.165, 1.54) is 11.8 Å². The maximum atomic E-state index is 8.65. The smallest absolute Gasteiger partial charge is 0.187 e. The van der Waals surface area contributed by atoms with Crippen LogP contribution in [0.3, 0.4) is 0 Å². The molecule has 1 rings (SSSR count). The summed E-state index contributed by atoms with van der Waals surface area (Å²) in [5.74, 6) is 0.740. The van der Waals surface area contributed by atoms with Crippen LogP contribution in [0, 0.1) is 6.92 Å². The summed E-state index contributed by atoms with van der Waals surface area (Å²) in [7, 11) is 0. The van der Waals surface area contributed by atoms with Gasteiger partial charge in [-0.2, -0.15) is 0 Å². The average molecular weight is 213 g/mol. The number of aromatic nitrogens is 2. The van der Waals surface area contributed by atoms with Gasteiger partial charge < -0.3 is 10.8 Å². The molecular weight excluding hydrogens is 198 g/mol. The van der Waals surface area contributed by atoms with Crippen LogP contribution in [0.5, 0.6) is 0 Å². The molecule has 5 heteroatoms. The van der Waals surface area contributed by atoms with E-state index in [0.717, 1.165) is 16.5 Å². The lowest BCUT2D eigenvalue weighted by Crippen LogP contribution is -2.24. The van der Waals surface area contributed by atoms with Crippen LogP contribution in [0.4, 0.5) is 0 Å². The molecule has 1 aromatic heterocycles. The molecule has 1 heterocycles. The van der Waals surface area contributed by atoms with Crippen LogP contribution in [-0.4, -0.2) is 33.5 Å². The van der Waals surface area contributed by atoms with Gasteiger partial charge in [-0.3, -0.25) is 0 Å². The van der Waals surface area contributed by atoms with Crippen LogP contribution in [0.2, 0.25) is 0 Å². The molecule has 0 saturated carbocycles. The molecule has 4 nitrogen and oxygen atoms in total. The molecule has 0 aromatic carbocycles. The minimum atomic E-state index is 0.00917. The van der Waals surface area contributed by atoms with Gasteiger partial charge in [0.1, 0.15) is 0 Å². The van der Waals surface area contributed by atoms with Gasteiger partial charge in [-0.15, -0.1) is 0 Å². The number of nitrogens with zero attached hydrogens (tertiary/aromatic N) is 2. The van der Waals surface area contributed by atoms with Crippen molar-refractivity contribution in [2.75, 3.05) is 12.4 Å². The molecule has 14 heavy (non-hydrogen) atoms. The molecule has 1 aromatic rings. The largest absolute Gasteiger partial charge is 0.396 e. The molecule has 0 aliphatic carbocycles. The van der Waals surface area contributed by atoms with Gasteiger partial charge in [0.05, 0.1) is 0 Å². The van der Waals surface area contributed by atoms with Crippen LogP contribution in [0.15, 0.2) is 17.6 Å². The fraction of sp³-hybridized carbons (Fsp3) is 0.556. The summed E-state index contributed by atoms with van der Waals surface area (Å²) in [6, 6.07) is 0.00917. The van der Waals surface area contributed by atoms with Crippen molar-refractivity contribution in [3.05, 3.63) is 18.0 Å². The Labute approximate surface area is 88.0 Å². The SMILES string of the molecule is Cc1cnc(SCC(N)CCO)nc1. The predicted octanol–water partition coefficient (Wildman–Crippen LogP) is 0.587. The van der Waals surface area contributed by atoms with E-state index in [1.807, 2.05) is 6.92 Å². The lowest BCUT2D eigenvalue weighted by Gasteiger charge is -2.07. The van der Waals surface area contributed by atoms with Crippen LogP contribution in [0.25, 0.3) is 0 Å². The zero-order valence-corrected chi connectivity index (χ0v) is 9.00. The first-order chi connectivity index (χ1) is 6.72. The molecule has 0 aliphatic rings. The Morgan fingerprint density at radius 3 is 2.71 bits per heavy atom. The molecule has 3 N–H and O–H groups in total. The van der Waals surface area contributed by atoms with Crippen molar-refractivity contribution in [1.29, 1.82) is 0 Å². The van der Waals surface area contributed by atoms with Gasteiger partial charge in [-0.05, 0) is 18.9 Å². The van der Waals surface area contributed by atoms with E-state index in [0.29, 0.717) is 6.42 Å². The summed E-state index contributed by atoms with van der Waals surface area (Å²) in [5, 5.41) is 9.39. The molecule has 0 bridgehead atoms. The van der Waals surface area contributed by atoms with Gasteiger partial charge in [-0.1, -0.05) is 11.8 Å². The summed E-state index contributed by atoms with van der Waals surface area (Å²) in [6.07, 6.45) is 4.19. The normalized spacial score (nSPS) is 12.8. The topological polar surface area (TPSA) is 72.0 Å². The number of nitrogens with two attached hydrogens (primary N) is 1. The summed E-state index contributed by atoms with van der Waals surface area (Å²) >= 11 is 1.52. The lowest BCUT2D eigenvalue weighted by atomic mass is 10.3. The summed E-state index contributed by atoms with van der Waals surface area (Å²) in [4.78, 5) is 8.29. The van der Waals surface area contributed by atoms with Crippen molar-refractivity contribution in [2.45, 2.75) is 24.5 Å². The van der Waals surface area contributed by atoms with E-state index in [9.17, 15) is 0 Å². The van der Waals surface area contributed by atoms with E-state index in [-0.39, 0.29) is 12.6 Å². The monoisotopic (exact) mass is 213 g/mol. The van der Waals surface area contributed by atoms with Gasteiger partial charge >= 0.3 is 0 Å². The molecule has 1 atom stereocenters. The van der Waals surface area contributed by atoms with Crippen LogP contribution >= 0.6 is 11.8 Å². The minimum absolute atomic E-state index is 0.00917. The number of aliphatic hydroxyl groups is 1. The van der Waals surface area contributed by atoms with Gasteiger partial charge in [0.25, 0.3) is 0 Å². The molecule has 0 fully saturated rings. The zero-order chi connectivity index (χ0) is 10.4. The second-order valence-corrected chi connectivity index (χ2v) is 4.11. The van der Waals surface area contributed by atoms with Crippen LogP contribution in [-0.2, 0) is 0 Å². The standard InChI is InChI=1S/C9H15N3OS/c1-7-4-11-9(12-5-7)14-6-8(10)2-3-13/h4-5,8,13H,2-3,6,10H2,1H3. The maximum Gasteiger partial charge on any atom is 0.187 e. The Kier molecular flexibility index (Phi) is 4.86. The fourth-order valence-electron chi connectivity index (χ4n) is 0.886. The average Bonchev–Trinajstić information content (AvgIpc) is 2.17. The molecular formula is C9H15N3OS. The van der Waals surface area contributed by atoms with Crippen molar-refractivity contribution >= 4 is 11.8 Å². The van der Waals surface area contributed by atoms with Gasteiger partial charge in [0.2, 0.25) is 0 Å². The number of aryl methyl sites for hydroxylation is 1. The molecule has 0 amide bonds. The van der Waals surface area contributed by atoms with Crippen molar-refractivity contribution in [2.24, 2.45) is 5.73 Å². The number of hydrogen-bond acceptors (Lipinski definition) is 5. The third kappa shape index (κ3) is 4.04. The van der Waals surface area contributed by atoms with Crippen LogP contribution < -0.4 is 5.73 Å². The molecule has 0 radical (unpaired) electrons. The molecule has 1 unspecified atom stereocenters. The summed E-state index contributed by atoms with van der Waals surface area (Å²) < 4.78 is 0. The Bertz CT molecular complexity index is 265. The molecule has 0 saturated heterocycles. The first kappa shape index (κ1) is 11.4. The first-order valence-corrected chi connectivity index (χ1v) is 5.49. The van der Waals surface area contributed by atoms with E-state index < -0.39 is 0 Å². The van der Waals surface area contributed by atoms with Crippen molar-refractivity contribution in [3.63, 3.8) is 0 Å². The highest BCUT2D eigenvalue weighted by Gasteiger charge is 2.03. The quantitative estimate of drug-likeness (QED) is 0.553. The highest BCUT2D eigenvalue weighted by molar-refractivity contribution is 7.99. The molecule has 0 aliphatic heterocycles. The Morgan fingerprint density at radius 1 is 1.50 bits per heavy atom.